The number of hydrogen-bond donors (Lipinski definition) is 2. The molecule has 35 heavy (non-hydrogen) atoms. The summed E-state index contributed by atoms with van der Waals surface area (Å²) in [7, 11) is -0.729. The van der Waals surface area contributed by atoms with Gasteiger partial charge in [0, 0.05) is 49.5 Å². The van der Waals surface area contributed by atoms with Crippen LogP contribution in [0.5, 0.6) is 0 Å². The molecule has 2 aromatic carbocycles. The monoisotopic (exact) mass is 543 g/mol. The summed E-state index contributed by atoms with van der Waals surface area (Å²) in [6.45, 7) is 7.11. The molecule has 0 amide bonds. The molecule has 0 aliphatic heterocycles. The van der Waals surface area contributed by atoms with Crippen molar-refractivity contribution in [2.24, 2.45) is 0 Å². The normalized spacial score (nSPS) is 12.0. The van der Waals surface area contributed by atoms with Crippen LogP contribution in [0.2, 0.25) is 5.02 Å². The molecule has 3 rings (SSSR count). The largest absolute Gasteiger partial charge is 0.372 e. The lowest BCUT2D eigenvalue weighted by Crippen LogP contribution is -2.27. The van der Waals surface area contributed by atoms with Crippen LogP contribution < -0.4 is 19.4 Å². The molecule has 190 valence electrons. The smallest absolute Gasteiger partial charge is 0.282 e. The first-order valence-corrected chi connectivity index (χ1v) is 12.9. The zero-order valence-electron chi connectivity index (χ0n) is 20.1. The Balaban J connectivity index is 1.91. The second kappa shape index (κ2) is 10.6. The Kier molecular flexibility index (Phi) is 8.21. The highest BCUT2D eigenvalue weighted by Gasteiger charge is 2.32. The molecule has 12 heteroatoms. The molecule has 2 N–H and O–H groups in total. The van der Waals surface area contributed by atoms with E-state index in [1.54, 1.807) is 0 Å². The van der Waals surface area contributed by atoms with Gasteiger partial charge in [0.25, 0.3) is 10.0 Å². The van der Waals surface area contributed by atoms with Gasteiger partial charge in [-0.2, -0.15) is 12.2 Å². The van der Waals surface area contributed by atoms with Crippen molar-refractivity contribution in [3.8, 4) is 0 Å². The number of nitrogens with zero attached hydrogens (tertiary/aromatic N) is 3. The second-order valence-electron chi connectivity index (χ2n) is 8.95. The Morgan fingerprint density at radius 3 is 2.46 bits per heavy atom. The first-order valence-electron chi connectivity index (χ1n) is 10.8. The molecule has 3 aromatic rings. The van der Waals surface area contributed by atoms with Crippen LogP contribution in [0.1, 0.15) is 26.5 Å². The minimum Gasteiger partial charge on any atom is -0.372 e. The van der Waals surface area contributed by atoms with Crippen LogP contribution in [0.25, 0.3) is 0 Å². The van der Waals surface area contributed by atoms with Gasteiger partial charge in [-0.3, -0.25) is 0 Å². The van der Waals surface area contributed by atoms with Gasteiger partial charge in [0.2, 0.25) is 5.82 Å². The molecule has 0 fully saturated rings. The molecule has 0 radical (unpaired) electrons. The molecular formula is C23H28Cl2FN5O3S. The van der Waals surface area contributed by atoms with Gasteiger partial charge in [0.15, 0.2) is 0 Å². The van der Waals surface area contributed by atoms with Crippen molar-refractivity contribution in [1.29, 1.82) is 0 Å². The third-order valence-corrected chi connectivity index (χ3v) is 7.72. The molecule has 0 aliphatic rings. The van der Waals surface area contributed by atoms with Crippen molar-refractivity contribution in [2.45, 2.75) is 31.1 Å². The predicted molar refractivity (Wildman–Crippen MR) is 139 cm³/mol. The molecule has 0 aliphatic carbocycles. The fraction of sp³-hybridized carbons (Fsp3) is 0.348. The fourth-order valence-corrected chi connectivity index (χ4v) is 4.85. The van der Waals surface area contributed by atoms with E-state index in [2.05, 4.69) is 15.8 Å². The van der Waals surface area contributed by atoms with Gasteiger partial charge in [0.1, 0.15) is 16.5 Å². The summed E-state index contributed by atoms with van der Waals surface area (Å²) < 4.78 is 46.8. The number of hydrogen-bond acceptors (Lipinski definition) is 7. The summed E-state index contributed by atoms with van der Waals surface area (Å²) in [5, 5.41) is 9.89. The van der Waals surface area contributed by atoms with Crippen molar-refractivity contribution in [3.63, 3.8) is 0 Å². The number of anilines is 4. The molecule has 0 saturated carbocycles. The number of rotatable bonds is 9. The van der Waals surface area contributed by atoms with E-state index in [0.717, 1.165) is 30.9 Å². The molecule has 0 unspecified atom stereocenters. The van der Waals surface area contributed by atoms with Gasteiger partial charge < -0.3 is 20.1 Å². The van der Waals surface area contributed by atoms with E-state index in [-0.39, 0.29) is 16.5 Å². The fourth-order valence-electron chi connectivity index (χ4n) is 3.19. The SMILES string of the molecule is CNCCN(C)c1ccccc1Nc1cc(F)c(S(=O)(=O)N(Cl)c2cc(C(C)(C)C)on2)cc1Cl. The van der Waals surface area contributed by atoms with Gasteiger partial charge in [-0.15, -0.1) is 0 Å². The highest BCUT2D eigenvalue weighted by Crippen LogP contribution is 2.36. The summed E-state index contributed by atoms with van der Waals surface area (Å²) in [5.74, 6) is -0.791. The van der Waals surface area contributed by atoms with Crippen molar-refractivity contribution in [1.82, 2.24) is 10.5 Å². The number of sulfonamides is 1. The lowest BCUT2D eigenvalue weighted by Gasteiger charge is -2.23. The second-order valence-corrected chi connectivity index (χ2v) is 11.6. The van der Waals surface area contributed by atoms with Crippen molar-refractivity contribution in [2.75, 3.05) is 41.2 Å². The maximum absolute atomic E-state index is 15.1. The molecule has 0 saturated heterocycles. The number of aromatic nitrogens is 1. The van der Waals surface area contributed by atoms with E-state index < -0.39 is 26.2 Å². The predicted octanol–water partition coefficient (Wildman–Crippen LogP) is 5.51. The first kappa shape index (κ1) is 27.1. The van der Waals surface area contributed by atoms with E-state index in [9.17, 15) is 8.42 Å². The van der Waals surface area contributed by atoms with E-state index >= 15 is 4.39 Å². The van der Waals surface area contributed by atoms with Crippen molar-refractivity contribution in [3.05, 3.63) is 59.1 Å². The maximum Gasteiger partial charge on any atom is 0.282 e. The van der Waals surface area contributed by atoms with Crippen molar-refractivity contribution >= 4 is 56.3 Å². The van der Waals surface area contributed by atoms with Gasteiger partial charge in [0.05, 0.1) is 22.1 Å². The van der Waals surface area contributed by atoms with E-state index in [1.807, 2.05) is 64.0 Å². The van der Waals surface area contributed by atoms with Gasteiger partial charge in [-0.05, 0) is 25.2 Å². The van der Waals surface area contributed by atoms with E-state index in [1.165, 1.54) is 6.07 Å². The Bertz CT molecular complexity index is 1290. The highest BCUT2D eigenvalue weighted by molar-refractivity contribution is 7.94. The van der Waals surface area contributed by atoms with Crippen LogP contribution in [-0.4, -0.2) is 40.8 Å². The molecule has 1 aromatic heterocycles. The molecular weight excluding hydrogens is 516 g/mol. The third-order valence-electron chi connectivity index (χ3n) is 5.21. The summed E-state index contributed by atoms with van der Waals surface area (Å²) in [6, 6.07) is 10.9. The number of likely N-dealkylation sites (N-methyl/N-ethyl adjacent to an activating group) is 2. The molecule has 0 spiro atoms. The summed E-state index contributed by atoms with van der Waals surface area (Å²) >= 11 is 12.4. The van der Waals surface area contributed by atoms with Crippen LogP contribution in [-0.2, 0) is 15.4 Å². The molecule has 0 bridgehead atoms. The van der Waals surface area contributed by atoms with Gasteiger partial charge in [-0.25, -0.2) is 4.39 Å². The number of benzene rings is 2. The Morgan fingerprint density at radius 2 is 1.83 bits per heavy atom. The Morgan fingerprint density at radius 1 is 1.14 bits per heavy atom. The minimum atomic E-state index is -4.52. The Hall–Kier alpha value is -2.53. The van der Waals surface area contributed by atoms with Gasteiger partial charge >= 0.3 is 0 Å². The average Bonchev–Trinajstić information content (AvgIpc) is 3.30. The van der Waals surface area contributed by atoms with Crippen molar-refractivity contribution < 1.29 is 17.3 Å². The highest BCUT2D eigenvalue weighted by atomic mass is 35.5. The van der Waals surface area contributed by atoms with Crippen LogP contribution in [0.15, 0.2) is 51.9 Å². The topological polar surface area (TPSA) is 90.7 Å². The summed E-state index contributed by atoms with van der Waals surface area (Å²) in [5.41, 5.74) is 1.32. The third kappa shape index (κ3) is 6.00. The van der Waals surface area contributed by atoms with E-state index in [0.29, 0.717) is 15.3 Å². The number of para-hydroxylation sites is 2. The molecule has 8 nitrogen and oxygen atoms in total. The summed E-state index contributed by atoms with van der Waals surface area (Å²) in [6.07, 6.45) is 0. The lowest BCUT2D eigenvalue weighted by atomic mass is 9.93. The maximum atomic E-state index is 15.1. The van der Waals surface area contributed by atoms with Crippen LogP contribution >= 0.6 is 23.4 Å². The number of halogens is 3. The first-order chi connectivity index (χ1) is 16.4. The molecule has 1 heterocycles. The zero-order chi connectivity index (χ0) is 26.0. The average molecular weight is 544 g/mol. The quantitative estimate of drug-likeness (QED) is 0.343. The minimum absolute atomic E-state index is 0.00161. The van der Waals surface area contributed by atoms with E-state index in [4.69, 9.17) is 27.9 Å². The van der Waals surface area contributed by atoms with Gasteiger partial charge in [-0.1, -0.05) is 49.7 Å². The van der Waals surface area contributed by atoms with Crippen LogP contribution in [0.4, 0.5) is 27.3 Å². The standard InChI is InChI=1S/C23H28Cl2FN5O3S/c1-23(2,3)21-14-22(29-34-21)31(25)35(32,33)20-12-15(24)18(13-16(20)26)28-17-8-6-7-9-19(17)30(5)11-10-27-4/h6-9,12-14,27-28H,10-11H2,1-5H3. The molecule has 0 atom stereocenters. The Labute approximate surface area is 215 Å². The summed E-state index contributed by atoms with van der Waals surface area (Å²) in [4.78, 5) is 1.33. The zero-order valence-corrected chi connectivity index (χ0v) is 22.4. The number of nitrogens with one attached hydrogen (secondary N) is 2. The van der Waals surface area contributed by atoms with Crippen LogP contribution in [0, 0.1) is 5.82 Å². The van der Waals surface area contributed by atoms with Crippen LogP contribution in [0.3, 0.4) is 0 Å². The lowest BCUT2D eigenvalue weighted by molar-refractivity contribution is 0.330.